The van der Waals surface area contributed by atoms with Crippen LogP contribution in [0.2, 0.25) is 0 Å². The van der Waals surface area contributed by atoms with Gasteiger partial charge in [0, 0.05) is 6.54 Å². The molecule has 0 bridgehead atoms. The van der Waals surface area contributed by atoms with E-state index >= 15 is 0 Å². The van der Waals surface area contributed by atoms with Gasteiger partial charge in [0.15, 0.2) is 5.96 Å². The normalized spacial score (nSPS) is 12.7. The number of aliphatic hydroxyl groups excluding tert-OH is 1. The van der Waals surface area contributed by atoms with Crippen molar-refractivity contribution in [1.82, 2.24) is 0 Å². The van der Waals surface area contributed by atoms with E-state index in [4.69, 9.17) is 91.8 Å². The Kier molecular flexibility index (Phi) is 44.6. The first kappa shape index (κ1) is 68.0. The number of carbonyl (C=O) groups is 7. The van der Waals surface area contributed by atoms with Crippen molar-refractivity contribution in [2.45, 2.75) is 103 Å². The zero-order valence-electron chi connectivity index (χ0n) is 36.0. The molecule has 27 N–H and O–H groups in total. The van der Waals surface area contributed by atoms with Crippen molar-refractivity contribution < 1.29 is 79.5 Å². The Labute approximate surface area is 360 Å². The van der Waals surface area contributed by atoms with Gasteiger partial charge in [0.05, 0.1) is 13.2 Å². The highest BCUT2D eigenvalue weighted by atomic mass is 16.4. The molecule has 0 aliphatic rings. The third kappa shape index (κ3) is 50.4. The second kappa shape index (κ2) is 40.7. The molecule has 0 amide bonds. The van der Waals surface area contributed by atoms with E-state index < -0.39 is 84.6 Å². The van der Waals surface area contributed by atoms with Gasteiger partial charge in [-0.1, -0.05) is 53.7 Å². The first-order valence-electron chi connectivity index (χ1n) is 18.5. The molecule has 26 nitrogen and oxygen atoms in total. The van der Waals surface area contributed by atoms with Gasteiger partial charge in [-0.15, -0.1) is 0 Å². The number of rotatable bonds is 18. The van der Waals surface area contributed by atoms with Gasteiger partial charge < -0.3 is 97.6 Å². The summed E-state index contributed by atoms with van der Waals surface area (Å²) >= 11 is 0. The summed E-state index contributed by atoms with van der Waals surface area (Å²) in [5.74, 6) is -6.37. The lowest BCUT2D eigenvalue weighted by Gasteiger charge is -2.07. The van der Waals surface area contributed by atoms with Gasteiger partial charge in [0.25, 0.3) is 0 Å². The minimum atomic E-state index is -1.18. The van der Waals surface area contributed by atoms with Crippen molar-refractivity contribution in [2.24, 2.45) is 74.3 Å². The summed E-state index contributed by atoms with van der Waals surface area (Å²) in [7, 11) is 0. The maximum absolute atomic E-state index is 10.4. The van der Waals surface area contributed by atoms with Crippen LogP contribution < -0.4 is 51.6 Å². The van der Waals surface area contributed by atoms with Gasteiger partial charge in [-0.05, 0) is 61.1 Å². The summed E-state index contributed by atoms with van der Waals surface area (Å²) in [6.07, 6.45) is 1.78. The first-order chi connectivity index (χ1) is 28.2. The highest BCUT2D eigenvalue weighted by Gasteiger charge is 2.16. The van der Waals surface area contributed by atoms with Crippen molar-refractivity contribution >= 4 is 47.7 Å². The lowest BCUT2D eigenvalue weighted by Crippen LogP contribution is -2.34. The third-order valence-corrected chi connectivity index (χ3v) is 6.73. The minimum absolute atomic E-state index is 0.0129. The molecular formula is C36H72N10O16. The molecule has 6 atom stereocenters. The predicted octanol–water partition coefficient (Wildman–Crippen LogP) is -3.23. The molecule has 1 aromatic rings. The molecule has 0 heterocycles. The van der Waals surface area contributed by atoms with Gasteiger partial charge in [-0.2, -0.15) is 0 Å². The number of nitrogens with two attached hydrogens (primary N) is 9. The number of hydrogen-bond donors (Lipinski definition) is 18. The lowest BCUT2D eigenvalue weighted by molar-refractivity contribution is -0.140. The van der Waals surface area contributed by atoms with Gasteiger partial charge in [0.1, 0.15) is 42.0 Å². The third-order valence-electron chi connectivity index (χ3n) is 6.73. The molecule has 1 aromatic carbocycles. The van der Waals surface area contributed by atoms with E-state index in [1.807, 2.05) is 13.8 Å². The van der Waals surface area contributed by atoms with Gasteiger partial charge in [0.2, 0.25) is 0 Å². The highest BCUT2D eigenvalue weighted by molar-refractivity contribution is 5.76. The summed E-state index contributed by atoms with van der Waals surface area (Å²) < 4.78 is 0. The fraction of sp³-hybridized carbons (Fsp3) is 0.611. The van der Waals surface area contributed by atoms with Crippen LogP contribution in [0, 0.1) is 17.8 Å². The molecule has 0 spiro atoms. The maximum Gasteiger partial charge on any atom is 0.322 e. The molecule has 0 radical (unpaired) electrons. The van der Waals surface area contributed by atoms with Crippen LogP contribution in [-0.4, -0.2) is 150 Å². The number of aliphatic carboxylic acids is 7. The number of phenols is 1. The summed E-state index contributed by atoms with van der Waals surface area (Å²) in [4.78, 5) is 73.3. The van der Waals surface area contributed by atoms with E-state index in [1.165, 1.54) is 12.1 Å². The van der Waals surface area contributed by atoms with Crippen molar-refractivity contribution in [3.05, 3.63) is 29.8 Å². The van der Waals surface area contributed by atoms with Crippen LogP contribution in [-0.2, 0) is 40.0 Å². The van der Waals surface area contributed by atoms with Crippen molar-refractivity contribution in [1.29, 1.82) is 0 Å². The van der Waals surface area contributed by atoms with E-state index in [1.54, 1.807) is 39.8 Å². The first-order valence-corrected chi connectivity index (χ1v) is 18.5. The molecule has 0 aromatic heterocycles. The van der Waals surface area contributed by atoms with Gasteiger partial charge >= 0.3 is 41.8 Å². The number of aliphatic hydroxyl groups is 1. The standard InChI is InChI=1S/C9H11NO3.C6H14N4O2.C6H13NO2.2C5H11NO2.C3H7NO3.C2H5NO2/c10-8(9(12)13)5-6-1-3-7(11)4-2-6;7-4(5(11)12)2-1-3-10-6(8)9;1-4(2)3-5(7)6(8)9;2*1-3(2)4(6)5(7)8;4-2(1-5)3(6)7;3-1-2(4)5/h1-4,8,11H,5,10H2,(H,12,13);4H,1-3,7H2,(H,11,12)(H4,8,9,10);4-5H,3,7H2,1-2H3,(H,8,9);2*3-4H,6H2,1-2H3,(H,7,8);2,5H,1,4H2,(H,6,7);1,3H2,(H,4,5). The van der Waals surface area contributed by atoms with Crippen LogP contribution in [0.25, 0.3) is 0 Å². The Morgan fingerprint density at radius 1 is 0.581 bits per heavy atom. The molecule has 0 saturated heterocycles. The Morgan fingerprint density at radius 3 is 1.13 bits per heavy atom. The molecule has 0 aliphatic heterocycles. The number of phenolic OH excluding ortho intramolecular Hbond substituents is 1. The second-order valence-corrected chi connectivity index (χ2v) is 13.7. The minimum Gasteiger partial charge on any atom is -0.508 e. The van der Waals surface area contributed by atoms with E-state index in [-0.39, 0.29) is 36.5 Å². The molecule has 62 heavy (non-hydrogen) atoms. The van der Waals surface area contributed by atoms with Crippen LogP contribution in [0.15, 0.2) is 29.3 Å². The predicted molar refractivity (Wildman–Crippen MR) is 228 cm³/mol. The summed E-state index contributed by atoms with van der Waals surface area (Å²) in [5.41, 5.74) is 46.3. The average Bonchev–Trinajstić information content (AvgIpc) is 3.17. The Hall–Kier alpha value is -5.74. The summed E-state index contributed by atoms with van der Waals surface area (Å²) in [6, 6.07) is 1.36. The number of benzene rings is 1. The van der Waals surface area contributed by atoms with E-state index in [0.717, 1.165) is 5.56 Å². The quantitative estimate of drug-likeness (QED) is 0.0391. The summed E-state index contributed by atoms with van der Waals surface area (Å²) in [6.45, 7) is 10.6. The van der Waals surface area contributed by atoms with Crippen molar-refractivity contribution in [3.8, 4) is 5.75 Å². The number of hydrogen-bond acceptors (Lipinski definition) is 17. The van der Waals surface area contributed by atoms with Crippen LogP contribution in [0.1, 0.15) is 66.4 Å². The van der Waals surface area contributed by atoms with E-state index in [2.05, 4.69) is 10.7 Å². The Morgan fingerprint density at radius 2 is 0.935 bits per heavy atom. The topological polar surface area (TPSA) is 548 Å². The summed E-state index contributed by atoms with van der Waals surface area (Å²) in [5, 5.41) is 74.1. The van der Waals surface area contributed by atoms with E-state index in [0.29, 0.717) is 31.7 Å². The van der Waals surface area contributed by atoms with Crippen LogP contribution >= 0.6 is 0 Å². The number of aromatic hydroxyl groups is 1. The van der Waals surface area contributed by atoms with Crippen LogP contribution in [0.5, 0.6) is 5.75 Å². The Bertz CT molecular complexity index is 1410. The zero-order chi connectivity index (χ0) is 50.5. The molecule has 6 unspecified atom stereocenters. The smallest absolute Gasteiger partial charge is 0.322 e. The van der Waals surface area contributed by atoms with Gasteiger partial charge in [-0.25, -0.2) is 0 Å². The monoisotopic (exact) mass is 901 g/mol. The largest absolute Gasteiger partial charge is 0.508 e. The molecule has 362 valence electrons. The molecule has 1 rings (SSSR count). The average molecular weight is 901 g/mol. The van der Waals surface area contributed by atoms with Crippen molar-refractivity contribution in [2.75, 3.05) is 19.7 Å². The number of carboxylic acid groups (broad SMARTS) is 7. The number of guanidine groups is 1. The number of aliphatic imine (C=N–C) groups is 1. The molecule has 0 saturated carbocycles. The fourth-order valence-electron chi connectivity index (χ4n) is 2.87. The molecule has 0 aliphatic carbocycles. The molecule has 26 heteroatoms. The van der Waals surface area contributed by atoms with E-state index in [9.17, 15) is 33.6 Å². The fourth-order valence-corrected chi connectivity index (χ4v) is 2.87. The second-order valence-electron chi connectivity index (χ2n) is 13.7. The van der Waals surface area contributed by atoms with Crippen LogP contribution in [0.4, 0.5) is 0 Å². The highest BCUT2D eigenvalue weighted by Crippen LogP contribution is 2.10. The zero-order valence-corrected chi connectivity index (χ0v) is 36.0. The Balaban J connectivity index is -0.000000150. The molecule has 0 fully saturated rings. The van der Waals surface area contributed by atoms with Gasteiger partial charge in [-0.3, -0.25) is 38.6 Å². The SMILES string of the molecule is CC(C)C(N)C(=O)O.CC(C)C(N)C(=O)O.CC(C)CC(N)C(=O)O.NC(CO)C(=O)O.NC(Cc1ccc(O)cc1)C(=O)O.NC(N)=NCCCC(N)C(=O)O.NCC(=O)O. The maximum atomic E-state index is 10.4. The molecular weight excluding hydrogens is 828 g/mol. The van der Waals surface area contributed by atoms with Crippen LogP contribution in [0.3, 0.4) is 0 Å². The number of nitrogens with zero attached hydrogens (tertiary/aromatic N) is 1. The lowest BCUT2D eigenvalue weighted by atomic mass is 10.1. The van der Waals surface area contributed by atoms with Crippen molar-refractivity contribution in [3.63, 3.8) is 0 Å². The number of carboxylic acids is 7.